The number of rotatable bonds is 1. The topological polar surface area (TPSA) is 76.0 Å². The van der Waals surface area contributed by atoms with E-state index in [1.54, 1.807) is 0 Å². The van der Waals surface area contributed by atoms with Gasteiger partial charge < -0.3 is 19.7 Å². The first-order valence-corrected chi connectivity index (χ1v) is 6.53. The largest absolute Gasteiger partial charge is 0.508 e. The molecule has 0 radical (unpaired) electrons. The highest BCUT2D eigenvalue weighted by Gasteiger charge is 2.32. The zero-order valence-corrected chi connectivity index (χ0v) is 11.4. The summed E-state index contributed by atoms with van der Waals surface area (Å²) >= 11 is 0. The molecular formula is C15H16O5. The quantitative estimate of drug-likeness (QED) is 0.606. The second-order valence-corrected chi connectivity index (χ2v) is 5.25. The monoisotopic (exact) mass is 276 g/mol. The molecule has 2 aliphatic rings. The van der Waals surface area contributed by atoms with Gasteiger partial charge in [0.2, 0.25) is 0 Å². The number of fused-ring (bicyclic) bond motifs is 1. The van der Waals surface area contributed by atoms with Gasteiger partial charge in [0.25, 0.3) is 0 Å². The summed E-state index contributed by atoms with van der Waals surface area (Å²) in [5.41, 5.74) is 2.37. The molecule has 1 unspecified atom stereocenters. The molecule has 1 aliphatic carbocycles. The number of allylic oxidation sites excluding steroid dienone is 1. The number of carbonyl (C=O) groups is 1. The van der Waals surface area contributed by atoms with Gasteiger partial charge in [-0.05, 0) is 18.6 Å². The Morgan fingerprint density at radius 2 is 2.10 bits per heavy atom. The molecule has 0 spiro atoms. The van der Waals surface area contributed by atoms with Crippen LogP contribution in [0.5, 0.6) is 11.5 Å². The van der Waals surface area contributed by atoms with E-state index in [0.29, 0.717) is 24.0 Å². The van der Waals surface area contributed by atoms with Crippen LogP contribution in [0.4, 0.5) is 0 Å². The van der Waals surface area contributed by atoms with Crippen molar-refractivity contribution in [3.05, 3.63) is 34.1 Å². The maximum atomic E-state index is 11.6. The SMILES string of the molecule is COC(=O)c1cc(O)c2c(c1O)CC1=C(C2)CC(C)O1. The van der Waals surface area contributed by atoms with E-state index in [4.69, 9.17) is 4.74 Å². The van der Waals surface area contributed by atoms with E-state index in [1.807, 2.05) is 6.92 Å². The Labute approximate surface area is 116 Å². The number of carbonyl (C=O) groups excluding carboxylic acids is 1. The van der Waals surface area contributed by atoms with Gasteiger partial charge in [-0.25, -0.2) is 4.79 Å². The summed E-state index contributed by atoms with van der Waals surface area (Å²) in [4.78, 5) is 11.6. The van der Waals surface area contributed by atoms with Crippen LogP contribution in [-0.4, -0.2) is 29.4 Å². The normalized spacial score (nSPS) is 20.2. The molecule has 1 atom stereocenters. The van der Waals surface area contributed by atoms with Crippen molar-refractivity contribution in [3.8, 4) is 11.5 Å². The third-order valence-electron chi connectivity index (χ3n) is 3.90. The van der Waals surface area contributed by atoms with Crippen LogP contribution < -0.4 is 0 Å². The third kappa shape index (κ3) is 1.81. The van der Waals surface area contributed by atoms with Gasteiger partial charge in [0.05, 0.1) is 13.2 Å². The lowest BCUT2D eigenvalue weighted by Gasteiger charge is -2.21. The Bertz CT molecular complexity index is 630. The van der Waals surface area contributed by atoms with E-state index in [2.05, 4.69) is 4.74 Å². The molecule has 20 heavy (non-hydrogen) atoms. The average Bonchev–Trinajstić information content (AvgIpc) is 2.79. The first-order chi connectivity index (χ1) is 9.51. The average molecular weight is 276 g/mol. The first-order valence-electron chi connectivity index (χ1n) is 6.53. The second-order valence-electron chi connectivity index (χ2n) is 5.25. The number of benzene rings is 1. The molecule has 0 saturated carbocycles. The van der Waals surface area contributed by atoms with Crippen LogP contribution in [0.2, 0.25) is 0 Å². The summed E-state index contributed by atoms with van der Waals surface area (Å²) in [6, 6.07) is 1.27. The molecule has 5 heteroatoms. The number of phenols is 2. The minimum atomic E-state index is -0.666. The van der Waals surface area contributed by atoms with Crippen molar-refractivity contribution in [2.45, 2.75) is 32.3 Å². The zero-order chi connectivity index (χ0) is 14.4. The van der Waals surface area contributed by atoms with Crippen molar-refractivity contribution in [1.82, 2.24) is 0 Å². The van der Waals surface area contributed by atoms with Gasteiger partial charge in [0, 0.05) is 30.4 Å². The number of phenolic OH excluding ortho intramolecular Hbond substituents is 2. The smallest absolute Gasteiger partial charge is 0.341 e. The number of ether oxygens (including phenoxy) is 2. The molecule has 5 nitrogen and oxygen atoms in total. The van der Waals surface area contributed by atoms with E-state index in [-0.39, 0.29) is 23.2 Å². The Hall–Kier alpha value is -2.17. The fourth-order valence-electron chi connectivity index (χ4n) is 2.95. The first kappa shape index (κ1) is 12.8. The Kier molecular flexibility index (Phi) is 2.85. The minimum absolute atomic E-state index is 0.0150. The van der Waals surface area contributed by atoms with Crippen molar-refractivity contribution in [3.63, 3.8) is 0 Å². The third-order valence-corrected chi connectivity index (χ3v) is 3.90. The standard InChI is InChI=1S/C15H16O5/c1-7-3-8-4-9-10(6-13(8)20-7)14(17)11(5-12(9)16)15(18)19-2/h5,7,16-17H,3-4,6H2,1-2H3. The lowest BCUT2D eigenvalue weighted by atomic mass is 9.86. The fraction of sp³-hybridized carbons (Fsp3) is 0.400. The summed E-state index contributed by atoms with van der Waals surface area (Å²) in [5, 5.41) is 20.4. The van der Waals surface area contributed by atoms with E-state index in [1.165, 1.54) is 13.2 Å². The van der Waals surface area contributed by atoms with Gasteiger partial charge in [0.15, 0.2) is 0 Å². The molecule has 3 rings (SSSR count). The van der Waals surface area contributed by atoms with Crippen LogP contribution in [0.25, 0.3) is 0 Å². The number of hydrogen-bond donors (Lipinski definition) is 2. The Morgan fingerprint density at radius 1 is 1.35 bits per heavy atom. The van der Waals surface area contributed by atoms with Crippen LogP contribution in [0.15, 0.2) is 17.4 Å². The van der Waals surface area contributed by atoms with Crippen LogP contribution >= 0.6 is 0 Å². The molecule has 0 amide bonds. The van der Waals surface area contributed by atoms with Crippen molar-refractivity contribution in [2.75, 3.05) is 7.11 Å². The molecule has 0 bridgehead atoms. The van der Waals surface area contributed by atoms with Crippen molar-refractivity contribution in [1.29, 1.82) is 0 Å². The van der Waals surface area contributed by atoms with Gasteiger partial charge >= 0.3 is 5.97 Å². The molecule has 0 fully saturated rings. The lowest BCUT2D eigenvalue weighted by molar-refractivity contribution is 0.0596. The van der Waals surface area contributed by atoms with Gasteiger partial charge in [-0.1, -0.05) is 0 Å². The minimum Gasteiger partial charge on any atom is -0.508 e. The predicted molar refractivity (Wildman–Crippen MR) is 70.7 cm³/mol. The Morgan fingerprint density at radius 3 is 2.80 bits per heavy atom. The lowest BCUT2D eigenvalue weighted by Crippen LogP contribution is -2.11. The molecule has 0 saturated heterocycles. The van der Waals surface area contributed by atoms with Crippen molar-refractivity contribution in [2.24, 2.45) is 0 Å². The van der Waals surface area contributed by atoms with Gasteiger partial charge in [-0.2, -0.15) is 0 Å². The fourth-order valence-corrected chi connectivity index (χ4v) is 2.95. The maximum Gasteiger partial charge on any atom is 0.341 e. The summed E-state index contributed by atoms with van der Waals surface area (Å²) in [6.07, 6.45) is 1.92. The summed E-state index contributed by atoms with van der Waals surface area (Å²) in [7, 11) is 1.24. The van der Waals surface area contributed by atoms with Crippen LogP contribution in [0, 0.1) is 0 Å². The molecule has 0 aromatic heterocycles. The molecule has 1 aromatic carbocycles. The number of aromatic hydroxyl groups is 2. The summed E-state index contributed by atoms with van der Waals surface area (Å²) in [5.74, 6) is 0.0754. The summed E-state index contributed by atoms with van der Waals surface area (Å²) < 4.78 is 10.3. The van der Waals surface area contributed by atoms with Gasteiger partial charge in [0.1, 0.15) is 22.8 Å². The molecule has 1 aliphatic heterocycles. The van der Waals surface area contributed by atoms with E-state index in [0.717, 1.165) is 17.8 Å². The zero-order valence-electron chi connectivity index (χ0n) is 11.4. The van der Waals surface area contributed by atoms with E-state index < -0.39 is 5.97 Å². The second kappa shape index (κ2) is 4.44. The Balaban J connectivity index is 2.07. The van der Waals surface area contributed by atoms with Gasteiger partial charge in [-0.3, -0.25) is 0 Å². The van der Waals surface area contributed by atoms with Gasteiger partial charge in [-0.15, -0.1) is 0 Å². The predicted octanol–water partition coefficient (Wildman–Crippen LogP) is 2.05. The van der Waals surface area contributed by atoms with Crippen LogP contribution in [-0.2, 0) is 22.3 Å². The molecule has 2 N–H and O–H groups in total. The number of esters is 1. The van der Waals surface area contributed by atoms with Crippen molar-refractivity contribution >= 4 is 5.97 Å². The van der Waals surface area contributed by atoms with Crippen LogP contribution in [0.1, 0.15) is 34.8 Å². The van der Waals surface area contributed by atoms with E-state index in [9.17, 15) is 15.0 Å². The highest BCUT2D eigenvalue weighted by atomic mass is 16.5. The molecule has 1 heterocycles. The van der Waals surface area contributed by atoms with E-state index >= 15 is 0 Å². The van der Waals surface area contributed by atoms with Crippen LogP contribution in [0.3, 0.4) is 0 Å². The highest BCUT2D eigenvalue weighted by molar-refractivity contribution is 5.94. The number of hydrogen-bond acceptors (Lipinski definition) is 5. The van der Waals surface area contributed by atoms with Crippen molar-refractivity contribution < 1.29 is 24.5 Å². The maximum absolute atomic E-state index is 11.6. The summed E-state index contributed by atoms with van der Waals surface area (Å²) in [6.45, 7) is 1.99. The molecular weight excluding hydrogens is 260 g/mol. The number of methoxy groups -OCH3 is 1. The molecule has 1 aromatic rings. The highest BCUT2D eigenvalue weighted by Crippen LogP contribution is 2.43. The molecule has 106 valence electrons.